The Morgan fingerprint density at radius 2 is 2.28 bits per heavy atom. The molecule has 0 aliphatic carbocycles. The molecule has 0 aromatic carbocycles. The van der Waals surface area contributed by atoms with Crippen LogP contribution >= 0.6 is 11.6 Å². The van der Waals surface area contributed by atoms with E-state index in [4.69, 9.17) is 11.6 Å². The number of hydrogen-bond donors (Lipinski definition) is 0. The number of hydrogen-bond acceptors (Lipinski definition) is 2. The van der Waals surface area contributed by atoms with Crippen LogP contribution in [0.1, 0.15) is 40.0 Å². The highest BCUT2D eigenvalue weighted by molar-refractivity contribution is 6.29. The van der Waals surface area contributed by atoms with Crippen molar-refractivity contribution in [3.8, 4) is 0 Å². The predicted octanol–water partition coefficient (Wildman–Crippen LogP) is 4.23. The van der Waals surface area contributed by atoms with E-state index >= 15 is 0 Å². The molecule has 102 valence electrons. The molecule has 1 rings (SSSR count). The summed E-state index contributed by atoms with van der Waals surface area (Å²) in [5.41, 5.74) is 1.24. The minimum Gasteiger partial charge on any atom is -0.299 e. The monoisotopic (exact) mass is 268 g/mol. The molecule has 1 saturated heterocycles. The van der Waals surface area contributed by atoms with Crippen molar-refractivity contribution in [1.29, 1.82) is 0 Å². The van der Waals surface area contributed by atoms with Crippen molar-refractivity contribution in [2.45, 2.75) is 40.0 Å². The van der Waals surface area contributed by atoms with E-state index in [1.807, 2.05) is 12.3 Å². The van der Waals surface area contributed by atoms with Crippen molar-refractivity contribution in [3.05, 3.63) is 22.9 Å². The van der Waals surface area contributed by atoms with Crippen LogP contribution in [0.25, 0.3) is 0 Å². The van der Waals surface area contributed by atoms with Crippen LogP contribution in [0.5, 0.6) is 0 Å². The Balaban J connectivity index is 2.45. The first-order valence-corrected chi connectivity index (χ1v) is 7.30. The fourth-order valence-electron chi connectivity index (χ4n) is 2.10. The molecule has 0 amide bonds. The summed E-state index contributed by atoms with van der Waals surface area (Å²) in [5.74, 6) is 0.827. The summed E-state index contributed by atoms with van der Waals surface area (Å²) in [6.45, 7) is 9.90. The molecule has 18 heavy (non-hydrogen) atoms. The Bertz CT molecular complexity index is 331. The lowest BCUT2D eigenvalue weighted by Gasteiger charge is -2.15. The van der Waals surface area contributed by atoms with E-state index in [0.717, 1.165) is 25.3 Å². The average Bonchev–Trinajstić information content (AvgIpc) is 2.77. The minimum absolute atomic E-state index is 0.603. The quantitative estimate of drug-likeness (QED) is 0.520. The fourth-order valence-corrected chi connectivity index (χ4v) is 2.25. The molecule has 1 aliphatic heterocycles. The highest BCUT2D eigenvalue weighted by atomic mass is 35.5. The van der Waals surface area contributed by atoms with Gasteiger partial charge in [-0.25, -0.2) is 4.99 Å². The van der Waals surface area contributed by atoms with E-state index in [0.29, 0.717) is 5.16 Å². The molecule has 0 spiro atoms. The molecule has 1 heterocycles. The Labute approximate surface area is 116 Å². The molecular formula is C15H25ClN2. The molecule has 0 N–H and O–H groups in total. The summed E-state index contributed by atoms with van der Waals surface area (Å²) < 4.78 is 0. The average molecular weight is 269 g/mol. The van der Waals surface area contributed by atoms with Crippen LogP contribution < -0.4 is 0 Å². The van der Waals surface area contributed by atoms with Crippen molar-refractivity contribution >= 4 is 17.8 Å². The third-order valence-corrected chi connectivity index (χ3v) is 3.49. The fraction of sp³-hybridized carbons (Fsp3) is 0.667. The first-order valence-electron chi connectivity index (χ1n) is 6.93. The van der Waals surface area contributed by atoms with Gasteiger partial charge in [-0.15, -0.1) is 0 Å². The number of nitrogens with zero attached hydrogens (tertiary/aromatic N) is 2. The third-order valence-electron chi connectivity index (χ3n) is 3.24. The van der Waals surface area contributed by atoms with Crippen molar-refractivity contribution in [1.82, 2.24) is 4.90 Å². The lowest BCUT2D eigenvalue weighted by molar-refractivity contribution is 0.360. The van der Waals surface area contributed by atoms with Gasteiger partial charge in [-0.2, -0.15) is 0 Å². The Hall–Kier alpha value is -0.600. The molecule has 1 aliphatic rings. The van der Waals surface area contributed by atoms with Gasteiger partial charge in [-0.05, 0) is 43.9 Å². The van der Waals surface area contributed by atoms with Crippen LogP contribution in [-0.4, -0.2) is 30.7 Å². The maximum absolute atomic E-state index is 6.02. The number of likely N-dealkylation sites (tertiary alicyclic amines) is 1. The standard InChI is InChI=1S/C15H25ClN2/c1-4-6-7-15(16)17-10-14(5-2)12-18-9-8-13(3)11-18/h5,7,10,13H,4,6,8-9,11-12H2,1-3H3/b14-5+,15-7+,17-10-. The predicted molar refractivity (Wildman–Crippen MR) is 81.3 cm³/mol. The van der Waals surface area contributed by atoms with Crippen molar-refractivity contribution in [3.63, 3.8) is 0 Å². The van der Waals surface area contributed by atoms with Gasteiger partial charge in [0.15, 0.2) is 0 Å². The number of rotatable bonds is 6. The Morgan fingerprint density at radius 1 is 1.50 bits per heavy atom. The van der Waals surface area contributed by atoms with Gasteiger partial charge >= 0.3 is 0 Å². The van der Waals surface area contributed by atoms with E-state index in [1.54, 1.807) is 0 Å². The second-order valence-corrected chi connectivity index (χ2v) is 5.45. The molecule has 1 fully saturated rings. The topological polar surface area (TPSA) is 15.6 Å². The summed E-state index contributed by atoms with van der Waals surface area (Å²) in [6.07, 6.45) is 9.40. The second kappa shape index (κ2) is 8.49. The van der Waals surface area contributed by atoms with E-state index in [2.05, 4.69) is 36.7 Å². The number of halogens is 1. The van der Waals surface area contributed by atoms with Gasteiger partial charge < -0.3 is 0 Å². The van der Waals surface area contributed by atoms with Gasteiger partial charge in [0.2, 0.25) is 0 Å². The molecule has 0 saturated carbocycles. The van der Waals surface area contributed by atoms with Crippen LogP contribution in [0, 0.1) is 5.92 Å². The normalized spacial score (nSPS) is 23.2. The molecule has 0 aromatic heterocycles. The van der Waals surface area contributed by atoms with E-state index in [1.165, 1.54) is 25.1 Å². The molecule has 1 atom stereocenters. The maximum Gasteiger partial charge on any atom is 0.125 e. The zero-order valence-electron chi connectivity index (χ0n) is 11.8. The van der Waals surface area contributed by atoms with Crippen LogP contribution in [0.3, 0.4) is 0 Å². The number of unbranched alkanes of at least 4 members (excludes halogenated alkanes) is 1. The van der Waals surface area contributed by atoms with E-state index in [-0.39, 0.29) is 0 Å². The lowest BCUT2D eigenvalue weighted by atomic mass is 10.2. The third kappa shape index (κ3) is 5.83. The minimum atomic E-state index is 0.603. The van der Waals surface area contributed by atoms with E-state index in [9.17, 15) is 0 Å². The molecule has 0 bridgehead atoms. The summed E-state index contributed by atoms with van der Waals surface area (Å²) in [7, 11) is 0. The number of allylic oxidation sites excluding steroid dienone is 2. The van der Waals surface area contributed by atoms with Crippen LogP contribution in [0.4, 0.5) is 0 Å². The molecule has 1 unspecified atom stereocenters. The molecule has 0 aromatic rings. The zero-order valence-corrected chi connectivity index (χ0v) is 12.6. The summed E-state index contributed by atoms with van der Waals surface area (Å²) in [5, 5.41) is 0.603. The molecule has 0 radical (unpaired) electrons. The van der Waals surface area contributed by atoms with Crippen LogP contribution in [-0.2, 0) is 0 Å². The number of aliphatic imine (C=N–C) groups is 1. The Morgan fingerprint density at radius 3 is 2.83 bits per heavy atom. The SMILES string of the molecule is C\C=C(/C=N\C(Cl)=C\CCC)CN1CCC(C)C1. The van der Waals surface area contributed by atoms with Crippen LogP contribution in [0.15, 0.2) is 27.9 Å². The van der Waals surface area contributed by atoms with Gasteiger partial charge in [-0.3, -0.25) is 4.90 Å². The van der Waals surface area contributed by atoms with Crippen molar-refractivity contribution < 1.29 is 0 Å². The van der Waals surface area contributed by atoms with Crippen LogP contribution in [0.2, 0.25) is 0 Å². The largest absolute Gasteiger partial charge is 0.299 e. The van der Waals surface area contributed by atoms with Gasteiger partial charge in [0, 0.05) is 19.3 Å². The van der Waals surface area contributed by atoms with Gasteiger partial charge in [0.05, 0.1) is 0 Å². The summed E-state index contributed by atoms with van der Waals surface area (Å²) >= 11 is 6.02. The van der Waals surface area contributed by atoms with Gasteiger partial charge in [0.1, 0.15) is 5.16 Å². The smallest absolute Gasteiger partial charge is 0.125 e. The highest BCUT2D eigenvalue weighted by Crippen LogP contribution is 2.16. The summed E-state index contributed by atoms with van der Waals surface area (Å²) in [4.78, 5) is 6.78. The molecule has 3 heteroatoms. The zero-order chi connectivity index (χ0) is 13.4. The lowest BCUT2D eigenvalue weighted by Crippen LogP contribution is -2.23. The first kappa shape index (κ1) is 15.5. The molecule has 2 nitrogen and oxygen atoms in total. The first-order chi connectivity index (χ1) is 8.65. The second-order valence-electron chi connectivity index (χ2n) is 5.07. The van der Waals surface area contributed by atoms with Crippen molar-refractivity contribution in [2.24, 2.45) is 10.9 Å². The molecular weight excluding hydrogens is 244 g/mol. The van der Waals surface area contributed by atoms with Gasteiger partial charge in [0.25, 0.3) is 0 Å². The summed E-state index contributed by atoms with van der Waals surface area (Å²) in [6, 6.07) is 0. The van der Waals surface area contributed by atoms with E-state index < -0.39 is 0 Å². The highest BCUT2D eigenvalue weighted by Gasteiger charge is 2.18. The maximum atomic E-state index is 6.02. The van der Waals surface area contributed by atoms with Crippen molar-refractivity contribution in [2.75, 3.05) is 19.6 Å². The Kier molecular flexibility index (Phi) is 7.29. The van der Waals surface area contributed by atoms with Gasteiger partial charge in [-0.1, -0.05) is 37.9 Å².